The fraction of sp³-hybridized carbons (Fsp3) is 0.227. The molecule has 0 fully saturated rings. The van der Waals surface area contributed by atoms with Crippen molar-refractivity contribution in [3.8, 4) is 11.5 Å². The van der Waals surface area contributed by atoms with Crippen LogP contribution in [-0.2, 0) is 0 Å². The predicted octanol–water partition coefficient (Wildman–Crippen LogP) is 3.32. The minimum absolute atomic E-state index is 0.210. The van der Waals surface area contributed by atoms with Crippen LogP contribution in [0.25, 0.3) is 0 Å². The molecule has 2 N–H and O–H groups in total. The molecule has 0 radical (unpaired) electrons. The zero-order valence-electron chi connectivity index (χ0n) is 17.3. The number of hydrogen-bond donors (Lipinski definition) is 2. The summed E-state index contributed by atoms with van der Waals surface area (Å²) >= 11 is 0. The summed E-state index contributed by atoms with van der Waals surface area (Å²) in [6.07, 6.45) is -0.681. The number of aromatic nitrogens is 2. The standard InChI is InChI=1S/C22H23N5O3/c1-13-6-5-7-15(10-13)24-21-25-20(17-12-16(29-3)8-9-18(17)30-4)27-19(28)11-14(2)23-22(27)26-21/h5-12,20H,1-4H3,(H2,23,24,25,26). The molecule has 8 heteroatoms. The lowest BCUT2D eigenvalue weighted by Gasteiger charge is -2.28. The number of guanidine groups is 1. The zero-order valence-corrected chi connectivity index (χ0v) is 17.3. The van der Waals surface area contributed by atoms with Crippen molar-refractivity contribution in [3.63, 3.8) is 0 Å². The first-order valence-corrected chi connectivity index (χ1v) is 9.49. The molecule has 1 aliphatic heterocycles. The number of fused-ring (bicyclic) bond motifs is 1. The van der Waals surface area contributed by atoms with Crippen LogP contribution < -0.4 is 25.7 Å². The Kier molecular flexibility index (Phi) is 5.14. The summed E-state index contributed by atoms with van der Waals surface area (Å²) in [6, 6.07) is 14.8. The average Bonchev–Trinajstić information content (AvgIpc) is 2.72. The van der Waals surface area contributed by atoms with E-state index < -0.39 is 6.17 Å². The molecule has 0 saturated heterocycles. The lowest BCUT2D eigenvalue weighted by atomic mass is 10.1. The molecule has 4 rings (SSSR count). The number of nitrogens with zero attached hydrogens (tertiary/aromatic N) is 3. The Morgan fingerprint density at radius 1 is 1.07 bits per heavy atom. The average molecular weight is 405 g/mol. The van der Waals surface area contributed by atoms with Gasteiger partial charge in [-0.2, -0.15) is 0 Å². The minimum Gasteiger partial charge on any atom is -0.497 e. The van der Waals surface area contributed by atoms with Crippen molar-refractivity contribution in [2.24, 2.45) is 4.99 Å². The first-order chi connectivity index (χ1) is 14.5. The van der Waals surface area contributed by atoms with Gasteiger partial charge in [0.25, 0.3) is 5.56 Å². The van der Waals surface area contributed by atoms with E-state index in [1.807, 2.05) is 37.3 Å². The fourth-order valence-corrected chi connectivity index (χ4v) is 3.42. The first kappa shape index (κ1) is 19.5. The van der Waals surface area contributed by atoms with E-state index in [0.29, 0.717) is 34.7 Å². The first-order valence-electron chi connectivity index (χ1n) is 9.49. The van der Waals surface area contributed by atoms with Crippen LogP contribution in [0.1, 0.15) is 23.0 Å². The van der Waals surface area contributed by atoms with E-state index in [1.165, 1.54) is 10.6 Å². The summed E-state index contributed by atoms with van der Waals surface area (Å²) in [4.78, 5) is 22.1. The Bertz CT molecular complexity index is 1190. The molecule has 154 valence electrons. The maximum absolute atomic E-state index is 12.9. The van der Waals surface area contributed by atoms with Crippen molar-refractivity contribution in [1.82, 2.24) is 9.55 Å². The van der Waals surface area contributed by atoms with E-state index in [1.54, 1.807) is 33.3 Å². The van der Waals surface area contributed by atoms with E-state index >= 15 is 0 Å². The van der Waals surface area contributed by atoms with Crippen LogP contribution in [-0.4, -0.2) is 29.7 Å². The highest BCUT2D eigenvalue weighted by molar-refractivity contribution is 6.03. The quantitative estimate of drug-likeness (QED) is 0.692. The third-order valence-corrected chi connectivity index (χ3v) is 4.80. The molecule has 2 aromatic carbocycles. The van der Waals surface area contributed by atoms with Crippen LogP contribution in [0.5, 0.6) is 11.5 Å². The third kappa shape index (κ3) is 3.71. The molecule has 0 amide bonds. The van der Waals surface area contributed by atoms with Gasteiger partial charge in [0.1, 0.15) is 11.5 Å². The molecule has 0 aliphatic carbocycles. The molecule has 1 aromatic heterocycles. The summed E-state index contributed by atoms with van der Waals surface area (Å²) in [7, 11) is 3.17. The molecule has 2 heterocycles. The normalized spacial score (nSPS) is 14.9. The highest BCUT2D eigenvalue weighted by atomic mass is 16.5. The second-order valence-corrected chi connectivity index (χ2v) is 7.01. The van der Waals surface area contributed by atoms with Crippen molar-refractivity contribution in [3.05, 3.63) is 75.7 Å². The molecule has 0 bridgehead atoms. The highest BCUT2D eigenvalue weighted by Crippen LogP contribution is 2.34. The Hall–Kier alpha value is -3.81. The zero-order chi connectivity index (χ0) is 21.3. The molecule has 1 atom stereocenters. The van der Waals surface area contributed by atoms with Gasteiger partial charge >= 0.3 is 0 Å². The molecular weight excluding hydrogens is 382 g/mol. The van der Waals surface area contributed by atoms with Crippen molar-refractivity contribution in [1.29, 1.82) is 0 Å². The Balaban J connectivity index is 1.86. The molecule has 0 spiro atoms. The van der Waals surface area contributed by atoms with Crippen molar-refractivity contribution in [2.45, 2.75) is 20.0 Å². The molecule has 1 aliphatic rings. The van der Waals surface area contributed by atoms with Gasteiger partial charge in [-0.15, -0.1) is 0 Å². The van der Waals surface area contributed by atoms with Crippen LogP contribution in [0, 0.1) is 13.8 Å². The van der Waals surface area contributed by atoms with E-state index in [4.69, 9.17) is 14.5 Å². The number of rotatable bonds is 4. The Morgan fingerprint density at radius 2 is 1.90 bits per heavy atom. The Morgan fingerprint density at radius 3 is 2.63 bits per heavy atom. The second-order valence-electron chi connectivity index (χ2n) is 7.01. The van der Waals surface area contributed by atoms with Gasteiger partial charge in [-0.3, -0.25) is 14.7 Å². The number of methoxy groups -OCH3 is 2. The lowest BCUT2D eigenvalue weighted by molar-refractivity contribution is 0.391. The number of hydrogen-bond acceptors (Lipinski definition) is 7. The molecule has 1 unspecified atom stereocenters. The number of aliphatic imine (C=N–C) groups is 1. The topological polar surface area (TPSA) is 89.8 Å². The largest absolute Gasteiger partial charge is 0.497 e. The van der Waals surface area contributed by atoms with Crippen molar-refractivity contribution >= 4 is 17.6 Å². The third-order valence-electron chi connectivity index (χ3n) is 4.80. The Labute approximate surface area is 174 Å². The van der Waals surface area contributed by atoms with Gasteiger partial charge in [0.05, 0.1) is 14.2 Å². The van der Waals surface area contributed by atoms with Gasteiger partial charge in [0.2, 0.25) is 11.9 Å². The SMILES string of the molecule is COc1ccc(OC)c(C2N=C(Nc3cccc(C)c3)Nc3nc(C)cc(=O)n32)c1. The summed E-state index contributed by atoms with van der Waals surface area (Å²) in [6.45, 7) is 3.80. The maximum atomic E-state index is 12.9. The second kappa shape index (κ2) is 7.90. The minimum atomic E-state index is -0.681. The fourth-order valence-electron chi connectivity index (χ4n) is 3.42. The van der Waals surface area contributed by atoms with E-state index in [9.17, 15) is 4.79 Å². The van der Waals surface area contributed by atoms with Crippen LogP contribution in [0.3, 0.4) is 0 Å². The lowest BCUT2D eigenvalue weighted by Crippen LogP contribution is -2.37. The van der Waals surface area contributed by atoms with Gasteiger partial charge < -0.3 is 14.8 Å². The highest BCUT2D eigenvalue weighted by Gasteiger charge is 2.28. The molecule has 8 nitrogen and oxygen atoms in total. The maximum Gasteiger partial charge on any atom is 0.257 e. The summed E-state index contributed by atoms with van der Waals surface area (Å²) < 4.78 is 12.4. The smallest absolute Gasteiger partial charge is 0.257 e. The summed E-state index contributed by atoms with van der Waals surface area (Å²) in [5, 5.41) is 6.41. The van der Waals surface area contributed by atoms with Gasteiger partial charge in [0, 0.05) is 23.0 Å². The summed E-state index contributed by atoms with van der Waals surface area (Å²) in [5.41, 5.74) is 3.09. The number of ether oxygens (including phenoxy) is 2. The van der Waals surface area contributed by atoms with Crippen LogP contribution in [0.2, 0.25) is 0 Å². The summed E-state index contributed by atoms with van der Waals surface area (Å²) in [5.74, 6) is 2.12. The van der Waals surface area contributed by atoms with E-state index in [-0.39, 0.29) is 5.56 Å². The van der Waals surface area contributed by atoms with Crippen LogP contribution in [0.15, 0.2) is 58.3 Å². The van der Waals surface area contributed by atoms with E-state index in [0.717, 1.165) is 11.3 Å². The van der Waals surface area contributed by atoms with Gasteiger partial charge in [-0.05, 0) is 49.7 Å². The number of nitrogens with one attached hydrogen (secondary N) is 2. The number of aryl methyl sites for hydroxylation is 2. The number of benzene rings is 2. The number of anilines is 2. The van der Waals surface area contributed by atoms with Crippen LogP contribution >= 0.6 is 0 Å². The van der Waals surface area contributed by atoms with E-state index in [2.05, 4.69) is 15.6 Å². The van der Waals surface area contributed by atoms with Gasteiger partial charge in [0.15, 0.2) is 6.17 Å². The van der Waals surface area contributed by atoms with Gasteiger partial charge in [-0.25, -0.2) is 9.98 Å². The molecule has 30 heavy (non-hydrogen) atoms. The van der Waals surface area contributed by atoms with Crippen molar-refractivity contribution in [2.75, 3.05) is 24.9 Å². The monoisotopic (exact) mass is 405 g/mol. The van der Waals surface area contributed by atoms with Crippen LogP contribution in [0.4, 0.5) is 11.6 Å². The molecule has 3 aromatic rings. The van der Waals surface area contributed by atoms with Gasteiger partial charge in [-0.1, -0.05) is 12.1 Å². The predicted molar refractivity (Wildman–Crippen MR) is 117 cm³/mol. The molecular formula is C22H23N5O3. The molecule has 0 saturated carbocycles. The van der Waals surface area contributed by atoms with Crippen molar-refractivity contribution < 1.29 is 9.47 Å².